The molecule has 8 aromatic carbocycles. The van der Waals surface area contributed by atoms with Crippen molar-refractivity contribution in [1.29, 1.82) is 0 Å². The average Bonchev–Trinajstić information content (AvgIpc) is 3.61. The number of hydrogen-bond donors (Lipinski definition) is 0. The van der Waals surface area contributed by atoms with Crippen molar-refractivity contribution in [3.8, 4) is 11.1 Å². The van der Waals surface area contributed by atoms with E-state index in [2.05, 4.69) is 180 Å². The lowest BCUT2D eigenvalue weighted by atomic mass is 9.82. The van der Waals surface area contributed by atoms with Crippen LogP contribution in [0.4, 0.5) is 0 Å². The lowest BCUT2D eigenvalue weighted by molar-refractivity contribution is 0.866. The molecule has 0 saturated carbocycles. The minimum Gasteiger partial charge on any atom is -0.292 e. The zero-order chi connectivity index (χ0) is 33.5. The number of hydrogen-bond acceptors (Lipinski definition) is 1. The zero-order valence-corrected chi connectivity index (χ0v) is 27.9. The zero-order valence-electron chi connectivity index (χ0n) is 27.9. The molecule has 0 spiro atoms. The van der Waals surface area contributed by atoms with Gasteiger partial charge in [0.15, 0.2) is 0 Å². The molecule has 0 N–H and O–H groups in total. The highest BCUT2D eigenvalue weighted by molar-refractivity contribution is 6.22. The van der Waals surface area contributed by atoms with Crippen molar-refractivity contribution in [3.05, 3.63) is 187 Å². The number of imidazole rings is 1. The summed E-state index contributed by atoms with van der Waals surface area (Å²) in [4.78, 5) is 5.10. The van der Waals surface area contributed by atoms with Gasteiger partial charge in [0, 0.05) is 16.7 Å². The van der Waals surface area contributed by atoms with E-state index in [0.29, 0.717) is 0 Å². The molecule has 11 rings (SSSR count). The number of pyridine rings is 1. The first-order valence-corrected chi connectivity index (χ1v) is 17.8. The Labute approximate surface area is 295 Å². The summed E-state index contributed by atoms with van der Waals surface area (Å²) in [5.41, 5.74) is 10.8. The molecule has 1 aliphatic rings. The molecule has 0 amide bonds. The van der Waals surface area contributed by atoms with Gasteiger partial charge in [0.25, 0.3) is 0 Å². The highest BCUT2D eigenvalue weighted by atomic mass is 15.0. The van der Waals surface area contributed by atoms with Crippen molar-refractivity contribution in [2.24, 2.45) is 0 Å². The van der Waals surface area contributed by atoms with Gasteiger partial charge < -0.3 is 0 Å². The van der Waals surface area contributed by atoms with Crippen LogP contribution in [-0.2, 0) is 0 Å². The molecule has 1 atom stereocenters. The average molecular weight is 649 g/mol. The molecule has 0 fully saturated rings. The van der Waals surface area contributed by atoms with Crippen molar-refractivity contribution in [2.45, 2.75) is 12.3 Å². The topological polar surface area (TPSA) is 17.3 Å². The number of para-hydroxylation sites is 3. The van der Waals surface area contributed by atoms with Crippen LogP contribution in [-0.4, -0.2) is 9.38 Å². The van der Waals surface area contributed by atoms with Gasteiger partial charge in [0.1, 0.15) is 5.65 Å². The predicted molar refractivity (Wildman–Crippen MR) is 217 cm³/mol. The standard InChI is InChI=1S/C49H32N2/c1-2-12-32(13-3-1)41-29-44-38-17-7-5-15-36(38)42(30-45(44)37-16-6-4-14-35(37)41)33-24-22-31(23-25-33)34-26-27-40-43(28-34)39-18-8-10-20-47(39)51-48-21-11-9-19-46(48)50-49(40)51/h1-24,26-30,33H,25H2. The van der Waals surface area contributed by atoms with Crippen LogP contribution < -0.4 is 0 Å². The maximum absolute atomic E-state index is 5.10. The summed E-state index contributed by atoms with van der Waals surface area (Å²) in [7, 11) is 0. The summed E-state index contributed by atoms with van der Waals surface area (Å²) in [6.07, 6.45) is 8.16. The Morgan fingerprint density at radius 2 is 1.12 bits per heavy atom. The molecule has 2 heteroatoms. The molecule has 1 unspecified atom stereocenters. The van der Waals surface area contributed by atoms with Gasteiger partial charge in [-0.25, -0.2) is 4.98 Å². The van der Waals surface area contributed by atoms with Gasteiger partial charge in [-0.3, -0.25) is 4.40 Å². The molecular weight excluding hydrogens is 617 g/mol. The van der Waals surface area contributed by atoms with Crippen LogP contribution in [0.5, 0.6) is 0 Å². The highest BCUT2D eigenvalue weighted by Gasteiger charge is 2.20. The molecular formula is C49H32N2. The smallest absolute Gasteiger partial charge is 0.146 e. The minimum absolute atomic E-state index is 0.286. The van der Waals surface area contributed by atoms with Crippen LogP contribution in [0.25, 0.3) is 87.4 Å². The van der Waals surface area contributed by atoms with Gasteiger partial charge in [0.2, 0.25) is 0 Å². The summed E-state index contributed by atoms with van der Waals surface area (Å²) in [6, 6.07) is 57.6. The lowest BCUT2D eigenvalue weighted by Gasteiger charge is -2.21. The summed E-state index contributed by atoms with van der Waals surface area (Å²) in [6.45, 7) is 0. The number of fused-ring (bicyclic) bond motifs is 13. The second kappa shape index (κ2) is 11.0. The molecule has 0 bridgehead atoms. The van der Waals surface area contributed by atoms with E-state index in [1.165, 1.54) is 81.8 Å². The second-order valence-electron chi connectivity index (χ2n) is 13.8. The third-order valence-electron chi connectivity index (χ3n) is 11.1. The van der Waals surface area contributed by atoms with E-state index in [1.807, 2.05) is 0 Å². The lowest BCUT2D eigenvalue weighted by Crippen LogP contribution is -2.01. The molecule has 0 radical (unpaired) electrons. The first-order chi connectivity index (χ1) is 25.3. The first kappa shape index (κ1) is 28.3. The van der Waals surface area contributed by atoms with Gasteiger partial charge in [-0.1, -0.05) is 133 Å². The normalized spacial score (nSPS) is 14.8. The fourth-order valence-electron chi connectivity index (χ4n) is 8.70. The van der Waals surface area contributed by atoms with Crippen molar-refractivity contribution < 1.29 is 0 Å². The number of allylic oxidation sites excluding steroid dienone is 4. The van der Waals surface area contributed by atoms with E-state index >= 15 is 0 Å². The Balaban J connectivity index is 1.03. The van der Waals surface area contributed by atoms with Crippen LogP contribution >= 0.6 is 0 Å². The van der Waals surface area contributed by atoms with Crippen molar-refractivity contribution in [1.82, 2.24) is 9.38 Å². The Kier molecular flexibility index (Phi) is 6.11. The quantitative estimate of drug-likeness (QED) is 0.174. The van der Waals surface area contributed by atoms with Crippen molar-refractivity contribution >= 4 is 76.2 Å². The van der Waals surface area contributed by atoms with Crippen LogP contribution in [0.1, 0.15) is 23.5 Å². The number of benzene rings is 8. The van der Waals surface area contributed by atoms with E-state index < -0.39 is 0 Å². The number of nitrogens with zero attached hydrogens (tertiary/aromatic N) is 2. The Bertz CT molecular complexity index is 3110. The van der Waals surface area contributed by atoms with Crippen molar-refractivity contribution in [3.63, 3.8) is 0 Å². The Morgan fingerprint density at radius 1 is 0.471 bits per heavy atom. The molecule has 2 aromatic heterocycles. The third kappa shape index (κ3) is 4.26. The minimum atomic E-state index is 0.286. The fraction of sp³-hybridized carbons (Fsp3) is 0.0408. The maximum atomic E-state index is 5.10. The fourth-order valence-corrected chi connectivity index (χ4v) is 8.70. The van der Waals surface area contributed by atoms with Crippen LogP contribution in [0, 0.1) is 0 Å². The van der Waals surface area contributed by atoms with E-state index in [9.17, 15) is 0 Å². The SMILES string of the molecule is C1=CC(c2cc3c4ccccc4c(-c4ccccc4)cc3c3ccccc23)CC=C1c1ccc2c(c1)c1ccccc1n1c3ccccc3nc21. The number of rotatable bonds is 3. The molecule has 0 saturated heterocycles. The molecule has 1 aliphatic carbocycles. The molecule has 51 heavy (non-hydrogen) atoms. The summed E-state index contributed by atoms with van der Waals surface area (Å²) >= 11 is 0. The Morgan fingerprint density at radius 3 is 1.92 bits per heavy atom. The summed E-state index contributed by atoms with van der Waals surface area (Å²) in [5.74, 6) is 0.286. The van der Waals surface area contributed by atoms with Crippen LogP contribution in [0.2, 0.25) is 0 Å². The Hall–Kier alpha value is -6.51. The van der Waals surface area contributed by atoms with Gasteiger partial charge in [-0.05, 0) is 114 Å². The molecule has 10 aromatic rings. The van der Waals surface area contributed by atoms with E-state index in [1.54, 1.807) is 0 Å². The van der Waals surface area contributed by atoms with Gasteiger partial charge in [-0.15, -0.1) is 0 Å². The molecule has 238 valence electrons. The van der Waals surface area contributed by atoms with Gasteiger partial charge >= 0.3 is 0 Å². The van der Waals surface area contributed by atoms with Crippen molar-refractivity contribution in [2.75, 3.05) is 0 Å². The third-order valence-corrected chi connectivity index (χ3v) is 11.1. The van der Waals surface area contributed by atoms with E-state index in [4.69, 9.17) is 4.98 Å². The van der Waals surface area contributed by atoms with E-state index in [-0.39, 0.29) is 5.92 Å². The largest absolute Gasteiger partial charge is 0.292 e. The first-order valence-electron chi connectivity index (χ1n) is 17.8. The highest BCUT2D eigenvalue weighted by Crippen LogP contribution is 2.43. The van der Waals surface area contributed by atoms with Gasteiger partial charge in [0.05, 0.1) is 16.6 Å². The van der Waals surface area contributed by atoms with E-state index in [0.717, 1.165) is 23.1 Å². The van der Waals surface area contributed by atoms with Gasteiger partial charge in [-0.2, -0.15) is 0 Å². The molecule has 2 nitrogen and oxygen atoms in total. The van der Waals surface area contributed by atoms with Crippen LogP contribution in [0.3, 0.4) is 0 Å². The number of aromatic nitrogens is 2. The molecule has 0 aliphatic heterocycles. The summed E-state index contributed by atoms with van der Waals surface area (Å²) in [5, 5.41) is 11.5. The monoisotopic (exact) mass is 648 g/mol. The predicted octanol–water partition coefficient (Wildman–Crippen LogP) is 13.0. The maximum Gasteiger partial charge on any atom is 0.146 e. The molecule has 2 heterocycles. The van der Waals surface area contributed by atoms with Crippen LogP contribution in [0.15, 0.2) is 176 Å². The summed E-state index contributed by atoms with van der Waals surface area (Å²) < 4.78 is 2.32. The second-order valence-corrected chi connectivity index (χ2v) is 13.8.